The predicted molar refractivity (Wildman–Crippen MR) is 120 cm³/mol. The van der Waals surface area contributed by atoms with E-state index >= 15 is 0 Å². The van der Waals surface area contributed by atoms with Crippen molar-refractivity contribution in [1.29, 1.82) is 0 Å². The molecule has 7 heteroatoms. The highest BCUT2D eigenvalue weighted by Gasteiger charge is 2.19. The van der Waals surface area contributed by atoms with Crippen molar-refractivity contribution in [2.45, 2.75) is 38.6 Å². The Labute approximate surface area is 182 Å². The Morgan fingerprint density at radius 3 is 2.72 bits per heavy atom. The number of aromatic nitrogens is 2. The number of fused-ring (bicyclic) bond motifs is 2. The number of halogens is 2. The molecular formula is C22H21BrClN3O2. The van der Waals surface area contributed by atoms with Crippen molar-refractivity contribution in [2.75, 3.05) is 11.9 Å². The highest BCUT2D eigenvalue weighted by Crippen LogP contribution is 2.29. The van der Waals surface area contributed by atoms with Gasteiger partial charge in [-0.1, -0.05) is 40.4 Å². The molecule has 150 valence electrons. The van der Waals surface area contributed by atoms with Crippen LogP contribution in [0.5, 0.6) is 0 Å². The third-order valence-electron chi connectivity index (χ3n) is 5.39. The second kappa shape index (κ2) is 8.28. The van der Waals surface area contributed by atoms with Crippen molar-refractivity contribution in [2.24, 2.45) is 0 Å². The molecule has 4 rings (SSSR count). The van der Waals surface area contributed by atoms with Gasteiger partial charge in [-0.05, 0) is 49.2 Å². The van der Waals surface area contributed by atoms with Crippen LogP contribution in [0.2, 0.25) is 5.02 Å². The maximum atomic E-state index is 13.0. The Morgan fingerprint density at radius 2 is 1.93 bits per heavy atom. The van der Waals surface area contributed by atoms with Crippen LogP contribution >= 0.6 is 27.5 Å². The van der Waals surface area contributed by atoms with Gasteiger partial charge in [-0.3, -0.25) is 14.2 Å². The van der Waals surface area contributed by atoms with Crippen molar-refractivity contribution >= 4 is 50.0 Å². The molecule has 29 heavy (non-hydrogen) atoms. The standard InChI is InChI=1S/C22H21BrClN3O2/c1-26(19-10-8-15(23)13-17(19)24)21(28)14-7-9-16-18(12-14)25-20-6-4-2-3-5-11-27(20)22(16)29/h7-10,12-13H,2-6,11H2,1H3. The fourth-order valence-corrected chi connectivity index (χ4v) is 4.58. The van der Waals surface area contributed by atoms with Crippen molar-refractivity contribution in [3.63, 3.8) is 0 Å². The third kappa shape index (κ3) is 3.96. The summed E-state index contributed by atoms with van der Waals surface area (Å²) in [6.07, 6.45) is 5.11. The number of anilines is 1. The van der Waals surface area contributed by atoms with Gasteiger partial charge in [-0.15, -0.1) is 0 Å². The van der Waals surface area contributed by atoms with E-state index in [0.717, 1.165) is 42.4 Å². The summed E-state index contributed by atoms with van der Waals surface area (Å²) < 4.78 is 2.65. The molecule has 0 aliphatic carbocycles. The summed E-state index contributed by atoms with van der Waals surface area (Å²) in [6.45, 7) is 0.711. The molecule has 0 atom stereocenters. The molecule has 0 bridgehead atoms. The number of rotatable bonds is 2. The molecule has 0 N–H and O–H groups in total. The van der Waals surface area contributed by atoms with E-state index in [1.165, 1.54) is 4.90 Å². The molecular weight excluding hydrogens is 454 g/mol. The smallest absolute Gasteiger partial charge is 0.261 e. The van der Waals surface area contributed by atoms with Gasteiger partial charge >= 0.3 is 0 Å². The van der Waals surface area contributed by atoms with E-state index in [9.17, 15) is 9.59 Å². The molecule has 1 aliphatic heterocycles. The topological polar surface area (TPSA) is 55.2 Å². The van der Waals surface area contributed by atoms with Crippen LogP contribution in [-0.4, -0.2) is 22.5 Å². The number of hydrogen-bond acceptors (Lipinski definition) is 3. The minimum Gasteiger partial charge on any atom is -0.310 e. The Hall–Kier alpha value is -2.18. The summed E-state index contributed by atoms with van der Waals surface area (Å²) in [5.41, 5.74) is 1.64. The average molecular weight is 475 g/mol. The lowest BCUT2D eigenvalue weighted by Gasteiger charge is -2.20. The van der Waals surface area contributed by atoms with Crippen LogP contribution in [0.3, 0.4) is 0 Å². The molecule has 0 fully saturated rings. The highest BCUT2D eigenvalue weighted by molar-refractivity contribution is 9.10. The fraction of sp³-hybridized carbons (Fsp3) is 0.318. The third-order valence-corrected chi connectivity index (χ3v) is 6.19. The monoisotopic (exact) mass is 473 g/mol. The van der Waals surface area contributed by atoms with Crippen molar-refractivity contribution in [1.82, 2.24) is 9.55 Å². The van der Waals surface area contributed by atoms with Crippen molar-refractivity contribution in [3.8, 4) is 0 Å². The lowest BCUT2D eigenvalue weighted by atomic mass is 10.1. The first kappa shape index (κ1) is 20.1. The Kier molecular flexibility index (Phi) is 5.74. The van der Waals surface area contributed by atoms with E-state index in [1.54, 1.807) is 41.9 Å². The first-order valence-electron chi connectivity index (χ1n) is 9.72. The fourth-order valence-electron chi connectivity index (χ4n) is 3.78. The van der Waals surface area contributed by atoms with Gasteiger partial charge in [0.15, 0.2) is 0 Å². The number of benzene rings is 2. The molecule has 3 aromatic rings. The minimum atomic E-state index is -0.204. The van der Waals surface area contributed by atoms with E-state index in [2.05, 4.69) is 15.9 Å². The zero-order valence-electron chi connectivity index (χ0n) is 16.1. The summed E-state index contributed by atoms with van der Waals surface area (Å²) >= 11 is 9.67. The van der Waals surface area contributed by atoms with Gasteiger partial charge in [0.2, 0.25) is 0 Å². The minimum absolute atomic E-state index is 0.0183. The summed E-state index contributed by atoms with van der Waals surface area (Å²) in [5.74, 6) is 0.612. The normalized spacial score (nSPS) is 14.2. The number of aryl methyl sites for hydroxylation is 1. The molecule has 1 aromatic heterocycles. The van der Waals surface area contributed by atoms with Gasteiger partial charge < -0.3 is 4.90 Å². The zero-order valence-corrected chi connectivity index (χ0v) is 18.5. The summed E-state index contributed by atoms with van der Waals surface area (Å²) in [7, 11) is 1.69. The maximum Gasteiger partial charge on any atom is 0.261 e. The van der Waals surface area contributed by atoms with E-state index < -0.39 is 0 Å². The average Bonchev–Trinajstić information content (AvgIpc) is 2.68. The lowest BCUT2D eigenvalue weighted by Crippen LogP contribution is -2.28. The number of nitrogens with zero attached hydrogens (tertiary/aromatic N) is 3. The van der Waals surface area contributed by atoms with Crippen LogP contribution in [-0.2, 0) is 13.0 Å². The molecule has 1 aliphatic rings. The van der Waals surface area contributed by atoms with E-state index in [1.807, 2.05) is 6.07 Å². The van der Waals surface area contributed by atoms with Gasteiger partial charge in [0.1, 0.15) is 5.82 Å². The summed E-state index contributed by atoms with van der Waals surface area (Å²) in [5, 5.41) is 1.03. The highest BCUT2D eigenvalue weighted by atomic mass is 79.9. The molecule has 0 radical (unpaired) electrons. The summed E-state index contributed by atoms with van der Waals surface area (Å²) in [6, 6.07) is 10.5. The SMILES string of the molecule is CN(C(=O)c1ccc2c(=O)n3c(nc2c1)CCCCCC3)c1ccc(Br)cc1Cl. The van der Waals surface area contributed by atoms with Crippen LogP contribution in [0.1, 0.15) is 41.9 Å². The molecule has 1 amide bonds. The predicted octanol–water partition coefficient (Wildman–Crippen LogP) is 5.21. The van der Waals surface area contributed by atoms with Crippen LogP contribution in [0.25, 0.3) is 10.9 Å². The molecule has 2 aromatic carbocycles. The van der Waals surface area contributed by atoms with Crippen molar-refractivity contribution < 1.29 is 4.79 Å². The van der Waals surface area contributed by atoms with Crippen LogP contribution in [0.4, 0.5) is 5.69 Å². The van der Waals surface area contributed by atoms with Gasteiger partial charge in [0.05, 0.1) is 21.6 Å². The molecule has 5 nitrogen and oxygen atoms in total. The Bertz CT molecular complexity index is 1160. The largest absolute Gasteiger partial charge is 0.310 e. The number of hydrogen-bond donors (Lipinski definition) is 0. The zero-order chi connectivity index (χ0) is 20.5. The molecule has 0 saturated carbocycles. The number of carbonyl (C=O) groups is 1. The molecule has 0 saturated heterocycles. The maximum absolute atomic E-state index is 13.0. The molecule has 0 unspecified atom stereocenters. The van der Waals surface area contributed by atoms with Crippen LogP contribution < -0.4 is 10.5 Å². The molecule has 0 spiro atoms. The second-order valence-electron chi connectivity index (χ2n) is 7.34. The second-order valence-corrected chi connectivity index (χ2v) is 8.66. The van der Waals surface area contributed by atoms with Crippen molar-refractivity contribution in [3.05, 3.63) is 67.6 Å². The van der Waals surface area contributed by atoms with Crippen LogP contribution in [0, 0.1) is 0 Å². The Morgan fingerprint density at radius 1 is 1.14 bits per heavy atom. The molecule has 2 heterocycles. The van der Waals surface area contributed by atoms with E-state index in [-0.39, 0.29) is 11.5 Å². The summed E-state index contributed by atoms with van der Waals surface area (Å²) in [4.78, 5) is 32.3. The van der Waals surface area contributed by atoms with Gasteiger partial charge in [0.25, 0.3) is 11.5 Å². The van der Waals surface area contributed by atoms with Gasteiger partial charge in [0, 0.05) is 30.0 Å². The Balaban J connectivity index is 1.74. The van der Waals surface area contributed by atoms with Gasteiger partial charge in [-0.2, -0.15) is 0 Å². The lowest BCUT2D eigenvalue weighted by molar-refractivity contribution is 0.0993. The van der Waals surface area contributed by atoms with E-state index in [4.69, 9.17) is 16.6 Å². The number of amides is 1. The van der Waals surface area contributed by atoms with E-state index in [0.29, 0.717) is 33.7 Å². The first-order chi connectivity index (χ1) is 14.0. The first-order valence-corrected chi connectivity index (χ1v) is 10.9. The number of carbonyl (C=O) groups excluding carboxylic acids is 1. The van der Waals surface area contributed by atoms with Crippen LogP contribution in [0.15, 0.2) is 45.7 Å². The quantitative estimate of drug-likeness (QED) is 0.512. The van der Waals surface area contributed by atoms with Gasteiger partial charge in [-0.25, -0.2) is 4.98 Å².